The first-order valence-corrected chi connectivity index (χ1v) is 8.05. The summed E-state index contributed by atoms with van der Waals surface area (Å²) < 4.78 is 2.13. The molecule has 4 heterocycles. The summed E-state index contributed by atoms with van der Waals surface area (Å²) in [6.45, 7) is 5.00. The van der Waals surface area contributed by atoms with Crippen LogP contribution in [-0.2, 0) is 6.54 Å². The molecule has 128 valence electrons. The number of hydrogen-bond acceptors (Lipinski definition) is 4. The van der Waals surface area contributed by atoms with Crippen LogP contribution in [0.3, 0.4) is 0 Å². The molecule has 1 amide bonds. The van der Waals surface area contributed by atoms with E-state index in [9.17, 15) is 14.4 Å². The summed E-state index contributed by atoms with van der Waals surface area (Å²) in [6.07, 6.45) is 2.00. The smallest absolute Gasteiger partial charge is 0.327 e. The molecule has 1 atom stereocenters. The molecule has 0 spiro atoms. The summed E-state index contributed by atoms with van der Waals surface area (Å²) in [5.74, 6) is -0.217. The minimum absolute atomic E-state index is 0.0766. The average Bonchev–Trinajstić information content (AvgIpc) is 3.03. The van der Waals surface area contributed by atoms with Crippen molar-refractivity contribution < 1.29 is 4.79 Å². The Kier molecular flexibility index (Phi) is 3.34. The Morgan fingerprint density at radius 3 is 2.88 bits per heavy atom. The van der Waals surface area contributed by atoms with Crippen molar-refractivity contribution in [3.63, 3.8) is 0 Å². The lowest BCUT2D eigenvalue weighted by Crippen LogP contribution is -2.41. The summed E-state index contributed by atoms with van der Waals surface area (Å²) in [5.41, 5.74) is 0.870. The van der Waals surface area contributed by atoms with E-state index in [1.54, 1.807) is 17.9 Å². The van der Waals surface area contributed by atoms with Crippen molar-refractivity contribution in [1.29, 1.82) is 0 Å². The highest BCUT2D eigenvalue weighted by Crippen LogP contribution is 2.27. The van der Waals surface area contributed by atoms with E-state index >= 15 is 0 Å². The maximum absolute atomic E-state index is 13.0. The first-order valence-electron chi connectivity index (χ1n) is 8.05. The maximum Gasteiger partial charge on any atom is 0.327 e. The van der Waals surface area contributed by atoms with Crippen molar-refractivity contribution in [2.45, 2.75) is 26.4 Å². The molecule has 1 aliphatic rings. The monoisotopic (exact) mass is 339 g/mol. The molecule has 0 saturated carbocycles. The first kappa shape index (κ1) is 15.4. The Balaban J connectivity index is 1.79. The van der Waals surface area contributed by atoms with Gasteiger partial charge >= 0.3 is 5.69 Å². The molecule has 8 nitrogen and oxygen atoms in total. The third-order valence-corrected chi connectivity index (χ3v) is 4.72. The van der Waals surface area contributed by atoms with Gasteiger partial charge in [-0.15, -0.1) is 0 Å². The topological polar surface area (TPSA) is 104 Å². The Labute approximate surface area is 142 Å². The second-order valence-corrected chi connectivity index (χ2v) is 6.26. The molecule has 0 fully saturated rings. The van der Waals surface area contributed by atoms with Crippen LogP contribution in [-0.4, -0.2) is 36.9 Å². The molecule has 1 aliphatic heterocycles. The van der Waals surface area contributed by atoms with E-state index in [1.807, 2.05) is 25.3 Å². The van der Waals surface area contributed by atoms with Crippen molar-refractivity contribution in [2.75, 3.05) is 6.54 Å². The fraction of sp³-hybridized carbons (Fsp3) is 0.294. The lowest BCUT2D eigenvalue weighted by atomic mass is 10.1. The van der Waals surface area contributed by atoms with Gasteiger partial charge in [-0.25, -0.2) is 9.78 Å². The number of rotatable bonds is 1. The number of fused-ring (bicyclic) bond motifs is 2. The lowest BCUT2D eigenvalue weighted by Gasteiger charge is -2.34. The van der Waals surface area contributed by atoms with Crippen molar-refractivity contribution in [1.82, 2.24) is 24.4 Å². The minimum Gasteiger partial charge on any atom is -0.348 e. The number of carbonyl (C=O) groups is 1. The van der Waals surface area contributed by atoms with Gasteiger partial charge in [-0.05, 0) is 37.6 Å². The number of aryl methyl sites for hydroxylation is 1. The van der Waals surface area contributed by atoms with Crippen LogP contribution in [0.15, 0.2) is 34.0 Å². The van der Waals surface area contributed by atoms with Crippen molar-refractivity contribution in [3.05, 3.63) is 62.2 Å². The molecular formula is C17H17N5O3. The van der Waals surface area contributed by atoms with E-state index in [-0.39, 0.29) is 28.7 Å². The van der Waals surface area contributed by atoms with Gasteiger partial charge in [0, 0.05) is 25.0 Å². The third kappa shape index (κ3) is 2.37. The fourth-order valence-electron chi connectivity index (χ4n) is 3.47. The van der Waals surface area contributed by atoms with Crippen LogP contribution in [0, 0.1) is 6.92 Å². The van der Waals surface area contributed by atoms with E-state index in [0.29, 0.717) is 12.1 Å². The van der Waals surface area contributed by atoms with Crippen molar-refractivity contribution in [3.8, 4) is 0 Å². The zero-order valence-corrected chi connectivity index (χ0v) is 13.9. The van der Waals surface area contributed by atoms with E-state index in [0.717, 1.165) is 12.2 Å². The van der Waals surface area contributed by atoms with E-state index < -0.39 is 11.2 Å². The number of carbonyl (C=O) groups excluding carboxylic acids is 1. The molecule has 0 aliphatic carbocycles. The van der Waals surface area contributed by atoms with Gasteiger partial charge in [0.25, 0.3) is 11.5 Å². The molecule has 0 bridgehead atoms. The number of H-pyrrole nitrogens is 2. The molecule has 0 radical (unpaired) electrons. The average molecular weight is 339 g/mol. The van der Waals surface area contributed by atoms with Crippen LogP contribution in [0.2, 0.25) is 0 Å². The number of hydrogen-bond donors (Lipinski definition) is 2. The molecule has 8 heteroatoms. The number of nitrogens with zero attached hydrogens (tertiary/aromatic N) is 3. The van der Waals surface area contributed by atoms with Gasteiger partial charge in [0.05, 0.1) is 11.4 Å². The molecule has 2 N–H and O–H groups in total. The third-order valence-electron chi connectivity index (χ3n) is 4.72. The Bertz CT molecular complexity index is 1110. The second kappa shape index (κ2) is 5.44. The van der Waals surface area contributed by atoms with Gasteiger partial charge in [-0.2, -0.15) is 0 Å². The minimum atomic E-state index is -0.641. The molecule has 25 heavy (non-hydrogen) atoms. The van der Waals surface area contributed by atoms with E-state index in [1.165, 1.54) is 0 Å². The summed E-state index contributed by atoms with van der Waals surface area (Å²) >= 11 is 0. The van der Waals surface area contributed by atoms with Gasteiger partial charge in [0.15, 0.2) is 0 Å². The molecular weight excluding hydrogens is 322 g/mol. The molecule has 4 rings (SSSR count). The standard InChI is InChI=1S/C17H17N5O3/c1-9-8-11(18-14-13(9)15(23)20-17(25)19-14)16(24)22-7-6-21-5-3-4-12(21)10(22)2/h3-5,8,10H,6-7H2,1-2H3,(H2,18,19,20,23,25)/t10-/m1/s1. The number of nitrogens with one attached hydrogen (secondary N) is 2. The first-order chi connectivity index (χ1) is 12.0. The number of aromatic amines is 2. The Morgan fingerprint density at radius 2 is 2.08 bits per heavy atom. The number of pyridine rings is 1. The zero-order valence-electron chi connectivity index (χ0n) is 13.9. The highest BCUT2D eigenvalue weighted by molar-refractivity contribution is 5.95. The van der Waals surface area contributed by atoms with Gasteiger partial charge in [-0.3, -0.25) is 19.6 Å². The molecule has 0 aromatic carbocycles. The number of aromatic nitrogens is 4. The van der Waals surface area contributed by atoms with Crippen LogP contribution in [0.5, 0.6) is 0 Å². The van der Waals surface area contributed by atoms with Gasteiger partial charge in [0.1, 0.15) is 11.3 Å². The summed E-state index contributed by atoms with van der Waals surface area (Å²) in [7, 11) is 0. The fourth-order valence-corrected chi connectivity index (χ4v) is 3.47. The molecule has 3 aromatic rings. The highest BCUT2D eigenvalue weighted by Gasteiger charge is 2.29. The van der Waals surface area contributed by atoms with Crippen molar-refractivity contribution >= 4 is 16.9 Å². The Hall–Kier alpha value is -3.16. The van der Waals surface area contributed by atoms with Gasteiger partial charge in [-0.1, -0.05) is 0 Å². The Morgan fingerprint density at radius 1 is 1.28 bits per heavy atom. The second-order valence-electron chi connectivity index (χ2n) is 6.26. The zero-order chi connectivity index (χ0) is 17.7. The summed E-state index contributed by atoms with van der Waals surface area (Å²) in [6, 6.07) is 5.49. The van der Waals surface area contributed by atoms with Gasteiger partial charge in [0.2, 0.25) is 0 Å². The van der Waals surface area contributed by atoms with Crippen LogP contribution < -0.4 is 11.2 Å². The lowest BCUT2D eigenvalue weighted by molar-refractivity contribution is 0.0638. The summed E-state index contributed by atoms with van der Waals surface area (Å²) in [4.78, 5) is 47.1. The van der Waals surface area contributed by atoms with Crippen LogP contribution in [0.1, 0.15) is 34.7 Å². The predicted molar refractivity (Wildman–Crippen MR) is 91.6 cm³/mol. The largest absolute Gasteiger partial charge is 0.348 e. The van der Waals surface area contributed by atoms with E-state index in [4.69, 9.17) is 0 Å². The van der Waals surface area contributed by atoms with Crippen LogP contribution in [0.4, 0.5) is 0 Å². The molecule has 3 aromatic heterocycles. The van der Waals surface area contributed by atoms with Crippen LogP contribution in [0.25, 0.3) is 11.0 Å². The normalized spacial score (nSPS) is 16.9. The molecule has 0 saturated heterocycles. The van der Waals surface area contributed by atoms with Crippen molar-refractivity contribution in [2.24, 2.45) is 0 Å². The van der Waals surface area contributed by atoms with E-state index in [2.05, 4.69) is 19.5 Å². The van der Waals surface area contributed by atoms with Crippen LogP contribution >= 0.6 is 0 Å². The molecule has 0 unspecified atom stereocenters. The maximum atomic E-state index is 13.0. The predicted octanol–water partition coefficient (Wildman–Crippen LogP) is 0.938. The van der Waals surface area contributed by atoms with Gasteiger partial charge < -0.3 is 9.47 Å². The SMILES string of the molecule is Cc1cc(C(=O)N2CCn3cccc3[C@H]2C)nc2[nH]c(=O)[nH]c(=O)c12. The summed E-state index contributed by atoms with van der Waals surface area (Å²) in [5, 5.41) is 0.289. The highest BCUT2D eigenvalue weighted by atomic mass is 16.2. The quantitative estimate of drug-likeness (QED) is 0.688. The number of amides is 1.